The number of aliphatic carboxylic acids is 5. The standard InChI is InChI=1S/C37H55I3N4O16/c1-19(45)41-26-21(39)14-20(38)24(25(26)40)33(56)57-18-37(11,44(16-23(48)49)29(32(54)55)60-36(8,9)10)17-43(28(31(52)53)59-35(5,6)7)13-12-42(15-22(46)47)27(30(50)51)58-34(2,3)4/h14,27-29H,12-13,15-18H2,1-11H3,(H,41,45)(H,46,47)(H,48,49)(H,50,51)(H,52,53)(H,54,55). The molecule has 1 aromatic rings. The Morgan fingerprint density at radius 2 is 1.07 bits per heavy atom. The van der Waals surface area contributed by atoms with Gasteiger partial charge >= 0.3 is 35.8 Å². The summed E-state index contributed by atoms with van der Waals surface area (Å²) in [6.45, 7) is 12.0. The summed E-state index contributed by atoms with van der Waals surface area (Å²) < 4.78 is 24.7. The van der Waals surface area contributed by atoms with E-state index in [2.05, 4.69) is 5.32 Å². The zero-order valence-corrected chi connectivity index (χ0v) is 41.7. The number of hydrogen-bond donors (Lipinski definition) is 6. The molecule has 23 heteroatoms. The molecule has 0 radical (unpaired) electrons. The van der Waals surface area contributed by atoms with Gasteiger partial charge in [0.1, 0.15) is 6.61 Å². The first-order valence-corrected chi connectivity index (χ1v) is 21.3. The highest BCUT2D eigenvalue weighted by Crippen LogP contribution is 2.33. The lowest BCUT2D eigenvalue weighted by Gasteiger charge is -2.47. The van der Waals surface area contributed by atoms with Crippen molar-refractivity contribution in [1.82, 2.24) is 14.7 Å². The number of anilines is 1. The van der Waals surface area contributed by atoms with Crippen LogP contribution in [0, 0.1) is 10.7 Å². The van der Waals surface area contributed by atoms with E-state index in [1.165, 1.54) is 34.6 Å². The Labute approximate surface area is 389 Å². The summed E-state index contributed by atoms with van der Waals surface area (Å²) in [6.07, 6.45) is -5.82. The molecule has 340 valence electrons. The van der Waals surface area contributed by atoms with Crippen molar-refractivity contribution >= 4 is 115 Å². The Morgan fingerprint density at radius 1 is 0.650 bits per heavy atom. The summed E-state index contributed by atoms with van der Waals surface area (Å²) >= 11 is 5.73. The molecular weight excluding hydrogens is 1140 g/mol. The predicted molar refractivity (Wildman–Crippen MR) is 239 cm³/mol. The van der Waals surface area contributed by atoms with Gasteiger partial charge in [0.25, 0.3) is 0 Å². The lowest BCUT2D eigenvalue weighted by molar-refractivity contribution is -0.210. The van der Waals surface area contributed by atoms with Crippen LogP contribution in [0.15, 0.2) is 6.07 Å². The van der Waals surface area contributed by atoms with Crippen molar-refractivity contribution in [2.24, 2.45) is 0 Å². The largest absolute Gasteiger partial charge is 0.480 e. The zero-order valence-electron chi connectivity index (χ0n) is 35.3. The molecule has 0 saturated heterocycles. The van der Waals surface area contributed by atoms with Gasteiger partial charge in [-0.15, -0.1) is 0 Å². The first-order chi connectivity index (χ1) is 27.1. The van der Waals surface area contributed by atoms with Gasteiger partial charge < -0.3 is 49.8 Å². The Kier molecular flexibility index (Phi) is 21.0. The van der Waals surface area contributed by atoms with Crippen molar-refractivity contribution in [2.45, 2.75) is 117 Å². The van der Waals surface area contributed by atoms with Crippen molar-refractivity contribution in [3.05, 3.63) is 22.3 Å². The number of nitrogens with zero attached hydrogens (tertiary/aromatic N) is 3. The summed E-state index contributed by atoms with van der Waals surface area (Å²) in [6, 6.07) is 1.61. The van der Waals surface area contributed by atoms with E-state index in [-0.39, 0.29) is 5.56 Å². The minimum atomic E-state index is -2.05. The van der Waals surface area contributed by atoms with E-state index in [0.717, 1.165) is 14.7 Å². The molecule has 0 aliphatic carbocycles. The van der Waals surface area contributed by atoms with Crippen LogP contribution < -0.4 is 5.32 Å². The van der Waals surface area contributed by atoms with Crippen LogP contribution in [-0.2, 0) is 47.7 Å². The number of esters is 1. The number of carbonyl (C=O) groups excluding carboxylic acids is 2. The fourth-order valence-corrected chi connectivity index (χ4v) is 9.61. The van der Waals surface area contributed by atoms with Gasteiger partial charge in [-0.3, -0.25) is 24.2 Å². The normalized spacial score (nSPS) is 14.9. The van der Waals surface area contributed by atoms with Gasteiger partial charge in [0, 0.05) is 33.7 Å². The van der Waals surface area contributed by atoms with Gasteiger partial charge in [-0.05, 0) is 143 Å². The van der Waals surface area contributed by atoms with Gasteiger partial charge in [0.15, 0.2) is 0 Å². The zero-order chi connectivity index (χ0) is 46.9. The second-order valence-corrected chi connectivity index (χ2v) is 20.2. The van der Waals surface area contributed by atoms with Crippen LogP contribution in [0.5, 0.6) is 0 Å². The Morgan fingerprint density at radius 3 is 1.47 bits per heavy atom. The smallest absolute Gasteiger partial charge is 0.348 e. The van der Waals surface area contributed by atoms with Crippen LogP contribution in [0.1, 0.15) is 86.5 Å². The number of halogens is 3. The quantitative estimate of drug-likeness (QED) is 0.0511. The minimum Gasteiger partial charge on any atom is -0.480 e. The molecule has 4 atom stereocenters. The SMILES string of the molecule is CC(=O)Nc1c(I)cc(I)c(C(=O)OCC(C)(CN(CCN(CC(=O)O)C(OC(C)(C)C)C(=O)O)C(OC(C)(C)C)C(=O)O)N(CC(=O)O)C(OC(C)(C)C)C(=O)O)c1I. The molecule has 0 bridgehead atoms. The average Bonchev–Trinajstić information content (AvgIpc) is 3.04. The van der Waals surface area contributed by atoms with Gasteiger partial charge in [-0.1, -0.05) is 0 Å². The maximum atomic E-state index is 14.1. The third-order valence-corrected chi connectivity index (χ3v) is 10.5. The summed E-state index contributed by atoms with van der Waals surface area (Å²) in [5.74, 6) is -9.15. The molecule has 0 aliphatic rings. The highest BCUT2D eigenvalue weighted by Gasteiger charge is 2.47. The van der Waals surface area contributed by atoms with E-state index in [1.807, 2.05) is 67.8 Å². The Hall–Kier alpha value is -2.54. The number of carboxylic acids is 5. The second-order valence-electron chi connectivity index (χ2n) is 16.8. The number of benzene rings is 1. The number of carbonyl (C=O) groups is 7. The molecule has 6 N–H and O–H groups in total. The molecule has 0 aromatic heterocycles. The lowest BCUT2D eigenvalue weighted by atomic mass is 9.98. The molecule has 0 fully saturated rings. The van der Waals surface area contributed by atoms with E-state index >= 15 is 0 Å². The molecular formula is C37H55I3N4O16. The highest BCUT2D eigenvalue weighted by molar-refractivity contribution is 14.1. The first-order valence-electron chi connectivity index (χ1n) is 18.1. The van der Waals surface area contributed by atoms with Gasteiger partial charge in [0.05, 0.1) is 50.3 Å². The van der Waals surface area contributed by atoms with Crippen molar-refractivity contribution in [1.29, 1.82) is 0 Å². The molecule has 0 heterocycles. The number of ether oxygens (including phenoxy) is 4. The molecule has 4 unspecified atom stereocenters. The van der Waals surface area contributed by atoms with Crippen LogP contribution in [0.2, 0.25) is 0 Å². The van der Waals surface area contributed by atoms with Crippen molar-refractivity contribution in [3.63, 3.8) is 0 Å². The fourth-order valence-electron chi connectivity index (χ4n) is 5.52. The predicted octanol–water partition coefficient (Wildman–Crippen LogP) is 4.13. The van der Waals surface area contributed by atoms with E-state index < -0.39 is 122 Å². The Bertz CT molecular complexity index is 1760. The molecule has 20 nitrogen and oxygen atoms in total. The van der Waals surface area contributed by atoms with Crippen molar-refractivity contribution in [2.75, 3.05) is 44.6 Å². The van der Waals surface area contributed by atoms with Crippen LogP contribution in [-0.4, -0.2) is 162 Å². The molecule has 1 rings (SSSR count). The minimum absolute atomic E-state index is 0.00688. The molecule has 1 amide bonds. The Balaban J connectivity index is 4.21. The van der Waals surface area contributed by atoms with Gasteiger partial charge in [-0.2, -0.15) is 0 Å². The molecule has 60 heavy (non-hydrogen) atoms. The van der Waals surface area contributed by atoms with E-state index in [1.54, 1.807) is 47.6 Å². The molecule has 0 saturated carbocycles. The summed E-state index contributed by atoms with van der Waals surface area (Å²) in [5, 5.41) is 53.9. The number of hydrogen-bond acceptors (Lipinski definition) is 14. The summed E-state index contributed by atoms with van der Waals surface area (Å²) in [7, 11) is 0. The van der Waals surface area contributed by atoms with E-state index in [0.29, 0.717) is 16.4 Å². The average molecular weight is 1190 g/mol. The number of rotatable bonds is 23. The lowest BCUT2D eigenvalue weighted by Crippen LogP contribution is -2.66. The van der Waals surface area contributed by atoms with Gasteiger partial charge in [0.2, 0.25) is 24.6 Å². The van der Waals surface area contributed by atoms with Crippen LogP contribution in [0.4, 0.5) is 5.69 Å². The summed E-state index contributed by atoms with van der Waals surface area (Å²) in [5.41, 5.74) is -5.16. The third kappa shape index (κ3) is 18.4. The maximum Gasteiger partial charge on any atom is 0.348 e. The number of amides is 1. The van der Waals surface area contributed by atoms with Crippen LogP contribution in [0.3, 0.4) is 0 Å². The van der Waals surface area contributed by atoms with Gasteiger partial charge in [-0.25, -0.2) is 24.1 Å². The van der Waals surface area contributed by atoms with Crippen molar-refractivity contribution < 1.29 is 78.0 Å². The van der Waals surface area contributed by atoms with E-state index in [4.69, 9.17) is 18.9 Å². The van der Waals surface area contributed by atoms with Crippen LogP contribution >= 0.6 is 67.8 Å². The van der Waals surface area contributed by atoms with Crippen molar-refractivity contribution in [3.8, 4) is 0 Å². The molecule has 0 aliphatic heterocycles. The molecule has 1 aromatic carbocycles. The third-order valence-electron chi connectivity index (χ3n) is 7.72. The monoisotopic (exact) mass is 1190 g/mol. The number of nitrogens with one attached hydrogen (secondary N) is 1. The summed E-state index contributed by atoms with van der Waals surface area (Å²) in [4.78, 5) is 92.1. The van der Waals surface area contributed by atoms with E-state index in [9.17, 15) is 59.1 Å². The topological polar surface area (TPSA) is 279 Å². The van der Waals surface area contributed by atoms with Crippen LogP contribution in [0.25, 0.3) is 0 Å². The number of carboxylic acid groups (broad SMARTS) is 5. The second kappa shape index (κ2) is 22.7. The highest BCUT2D eigenvalue weighted by atomic mass is 127. The fraction of sp³-hybridized carbons (Fsp3) is 0.649. The molecule has 0 spiro atoms. The maximum absolute atomic E-state index is 14.1. The first kappa shape index (κ1) is 55.5.